The Bertz CT molecular complexity index is 733. The van der Waals surface area contributed by atoms with Crippen LogP contribution >= 0.6 is 0 Å². The summed E-state index contributed by atoms with van der Waals surface area (Å²) in [6.45, 7) is 1.76. The molecule has 1 aromatic heterocycles. The van der Waals surface area contributed by atoms with Crippen LogP contribution in [-0.2, 0) is 9.59 Å². The number of carboxylic acids is 1. The molecule has 0 bridgehead atoms. The van der Waals surface area contributed by atoms with Crippen LogP contribution in [0.3, 0.4) is 0 Å². The molecular weight excluding hydrogens is 292 g/mol. The van der Waals surface area contributed by atoms with Crippen LogP contribution in [0.4, 0.5) is 5.69 Å². The molecule has 1 aromatic carbocycles. The highest BCUT2D eigenvalue weighted by molar-refractivity contribution is 6.07. The number of aliphatic carboxylic acids is 1. The molecule has 0 atom stereocenters. The van der Waals surface area contributed by atoms with Gasteiger partial charge in [-0.15, -0.1) is 0 Å². The molecule has 23 heavy (non-hydrogen) atoms. The average molecular weight is 312 g/mol. The smallest absolute Gasteiger partial charge is 0.303 e. The summed E-state index contributed by atoms with van der Waals surface area (Å²) in [7, 11) is 0. The number of allylic oxidation sites excluding steroid dienone is 1. The Morgan fingerprint density at radius 3 is 2.78 bits per heavy atom. The summed E-state index contributed by atoms with van der Waals surface area (Å²) in [5.41, 5.74) is 2.07. The van der Waals surface area contributed by atoms with E-state index >= 15 is 0 Å². The Kier molecular flexibility index (Phi) is 5.86. The normalized spacial score (nSPS) is 11.4. The van der Waals surface area contributed by atoms with E-state index in [0.717, 1.165) is 17.3 Å². The van der Waals surface area contributed by atoms with Crippen LogP contribution < -0.4 is 5.32 Å². The number of carboxylic acid groups (broad SMARTS) is 1. The van der Waals surface area contributed by atoms with Gasteiger partial charge in [-0.2, -0.15) is 0 Å². The van der Waals surface area contributed by atoms with E-state index in [-0.39, 0.29) is 12.3 Å². The van der Waals surface area contributed by atoms with E-state index in [1.54, 1.807) is 13.1 Å². The number of unbranched alkanes of at least 4 members (excludes halogenated alkanes) is 2. The van der Waals surface area contributed by atoms with Crippen molar-refractivity contribution < 1.29 is 14.7 Å². The summed E-state index contributed by atoms with van der Waals surface area (Å²) in [6, 6.07) is 9.46. The number of amides is 1. The fourth-order valence-corrected chi connectivity index (χ4v) is 2.26. The summed E-state index contributed by atoms with van der Waals surface area (Å²) >= 11 is 0. The number of hydrogen-bond donors (Lipinski definition) is 2. The quantitative estimate of drug-likeness (QED) is 0.602. The molecule has 0 radical (unpaired) electrons. The molecule has 1 amide bonds. The van der Waals surface area contributed by atoms with Crippen molar-refractivity contribution in [1.29, 1.82) is 0 Å². The van der Waals surface area contributed by atoms with Crippen LogP contribution in [0.25, 0.3) is 10.9 Å². The van der Waals surface area contributed by atoms with E-state index in [0.29, 0.717) is 24.1 Å². The maximum atomic E-state index is 12.2. The minimum absolute atomic E-state index is 0.165. The first kappa shape index (κ1) is 16.7. The molecule has 2 N–H and O–H groups in total. The molecule has 0 aliphatic carbocycles. The lowest BCUT2D eigenvalue weighted by Crippen LogP contribution is -2.13. The van der Waals surface area contributed by atoms with Gasteiger partial charge in [0.05, 0.1) is 11.2 Å². The Hall–Kier alpha value is -2.69. The number of nitrogens with zero attached hydrogens (tertiary/aromatic N) is 1. The SMILES string of the molecule is CC(=CCCCCC(=O)O)C(=O)Nc1cccc2cccnc12. The molecular formula is C18H20N2O3. The molecule has 0 aliphatic rings. The van der Waals surface area contributed by atoms with E-state index in [1.807, 2.05) is 36.4 Å². The van der Waals surface area contributed by atoms with Crippen LogP contribution in [0.1, 0.15) is 32.6 Å². The fraction of sp³-hybridized carbons (Fsp3) is 0.278. The third-order valence-electron chi connectivity index (χ3n) is 3.53. The van der Waals surface area contributed by atoms with Gasteiger partial charge in [0.1, 0.15) is 0 Å². The highest BCUT2D eigenvalue weighted by Gasteiger charge is 2.08. The van der Waals surface area contributed by atoms with Crippen LogP contribution in [0.5, 0.6) is 0 Å². The third-order valence-corrected chi connectivity index (χ3v) is 3.53. The number of carbonyl (C=O) groups is 2. The number of benzene rings is 1. The molecule has 5 heteroatoms. The maximum Gasteiger partial charge on any atom is 0.303 e. The molecule has 5 nitrogen and oxygen atoms in total. The summed E-state index contributed by atoms with van der Waals surface area (Å²) < 4.78 is 0. The lowest BCUT2D eigenvalue weighted by atomic mass is 10.1. The molecule has 0 saturated carbocycles. The second-order valence-electron chi connectivity index (χ2n) is 5.36. The van der Waals surface area contributed by atoms with Gasteiger partial charge in [-0.05, 0) is 38.3 Å². The number of aromatic nitrogens is 1. The minimum atomic E-state index is -0.785. The van der Waals surface area contributed by atoms with Gasteiger partial charge in [-0.3, -0.25) is 14.6 Å². The summed E-state index contributed by atoms with van der Waals surface area (Å²) in [5, 5.41) is 12.4. The van der Waals surface area contributed by atoms with Gasteiger partial charge in [-0.1, -0.05) is 24.3 Å². The molecule has 0 saturated heterocycles. The molecule has 2 aromatic rings. The number of hydrogen-bond acceptors (Lipinski definition) is 3. The van der Waals surface area contributed by atoms with Crippen molar-refractivity contribution in [1.82, 2.24) is 4.98 Å². The number of anilines is 1. The maximum absolute atomic E-state index is 12.2. The molecule has 2 rings (SSSR count). The second kappa shape index (κ2) is 8.08. The highest BCUT2D eigenvalue weighted by Crippen LogP contribution is 2.21. The number of rotatable bonds is 7. The second-order valence-corrected chi connectivity index (χ2v) is 5.36. The fourth-order valence-electron chi connectivity index (χ4n) is 2.26. The molecule has 0 unspecified atom stereocenters. The highest BCUT2D eigenvalue weighted by atomic mass is 16.4. The predicted molar refractivity (Wildman–Crippen MR) is 90.2 cm³/mol. The molecule has 0 spiro atoms. The number of fused-ring (bicyclic) bond motifs is 1. The lowest BCUT2D eigenvalue weighted by Gasteiger charge is -2.08. The number of para-hydroxylation sites is 1. The van der Waals surface area contributed by atoms with E-state index in [1.165, 1.54) is 0 Å². The van der Waals surface area contributed by atoms with Crippen LogP contribution in [0.2, 0.25) is 0 Å². The van der Waals surface area contributed by atoms with Crippen molar-refractivity contribution in [2.75, 3.05) is 5.32 Å². The Morgan fingerprint density at radius 1 is 1.22 bits per heavy atom. The Morgan fingerprint density at radius 2 is 2.00 bits per heavy atom. The zero-order valence-electron chi connectivity index (χ0n) is 13.1. The zero-order chi connectivity index (χ0) is 16.7. The van der Waals surface area contributed by atoms with Gasteiger partial charge in [0, 0.05) is 23.6 Å². The van der Waals surface area contributed by atoms with Crippen molar-refractivity contribution in [2.24, 2.45) is 0 Å². The lowest BCUT2D eigenvalue weighted by molar-refractivity contribution is -0.137. The first-order chi connectivity index (χ1) is 11.1. The Balaban J connectivity index is 1.96. The standard InChI is InChI=1S/C18H20N2O3/c1-13(7-3-2-4-11-16(21)22)18(23)20-15-10-5-8-14-9-6-12-19-17(14)15/h5-10,12H,2-4,11H2,1H3,(H,20,23)(H,21,22). The van der Waals surface area contributed by atoms with Gasteiger partial charge in [0.15, 0.2) is 0 Å². The number of pyridine rings is 1. The Labute approximate surface area is 135 Å². The minimum Gasteiger partial charge on any atom is -0.481 e. The molecule has 1 heterocycles. The van der Waals surface area contributed by atoms with Crippen molar-refractivity contribution in [3.63, 3.8) is 0 Å². The first-order valence-electron chi connectivity index (χ1n) is 7.61. The van der Waals surface area contributed by atoms with E-state index in [4.69, 9.17) is 5.11 Å². The summed E-state index contributed by atoms with van der Waals surface area (Å²) in [4.78, 5) is 27.0. The van der Waals surface area contributed by atoms with E-state index in [9.17, 15) is 9.59 Å². The van der Waals surface area contributed by atoms with Crippen molar-refractivity contribution in [2.45, 2.75) is 32.6 Å². The number of nitrogens with one attached hydrogen (secondary N) is 1. The van der Waals surface area contributed by atoms with Crippen LogP contribution in [0, 0.1) is 0 Å². The van der Waals surface area contributed by atoms with Crippen molar-refractivity contribution >= 4 is 28.5 Å². The third kappa shape index (κ3) is 4.92. The molecule has 0 fully saturated rings. The van der Waals surface area contributed by atoms with Crippen molar-refractivity contribution in [3.8, 4) is 0 Å². The van der Waals surface area contributed by atoms with Gasteiger partial charge in [0.25, 0.3) is 5.91 Å². The monoisotopic (exact) mass is 312 g/mol. The van der Waals surface area contributed by atoms with Gasteiger partial charge >= 0.3 is 5.97 Å². The summed E-state index contributed by atoms with van der Waals surface area (Å²) in [6.07, 6.45) is 5.78. The average Bonchev–Trinajstić information content (AvgIpc) is 2.54. The summed E-state index contributed by atoms with van der Waals surface area (Å²) in [5.74, 6) is -0.951. The predicted octanol–water partition coefficient (Wildman–Crippen LogP) is 3.76. The molecule has 0 aliphatic heterocycles. The topological polar surface area (TPSA) is 79.3 Å². The molecule has 120 valence electrons. The van der Waals surface area contributed by atoms with Crippen molar-refractivity contribution in [3.05, 3.63) is 48.2 Å². The van der Waals surface area contributed by atoms with E-state index < -0.39 is 5.97 Å². The van der Waals surface area contributed by atoms with E-state index in [2.05, 4.69) is 10.3 Å². The van der Waals surface area contributed by atoms with Gasteiger partial charge in [0.2, 0.25) is 0 Å². The van der Waals surface area contributed by atoms with Gasteiger partial charge in [-0.25, -0.2) is 0 Å². The first-order valence-corrected chi connectivity index (χ1v) is 7.61. The van der Waals surface area contributed by atoms with Crippen LogP contribution in [0.15, 0.2) is 48.2 Å². The zero-order valence-corrected chi connectivity index (χ0v) is 13.1. The van der Waals surface area contributed by atoms with Gasteiger partial charge < -0.3 is 10.4 Å². The number of carbonyl (C=O) groups excluding carboxylic acids is 1. The largest absolute Gasteiger partial charge is 0.481 e. The van der Waals surface area contributed by atoms with Crippen LogP contribution in [-0.4, -0.2) is 22.0 Å².